The number of amides is 1. The van der Waals surface area contributed by atoms with E-state index in [0.29, 0.717) is 6.42 Å². The maximum atomic E-state index is 12.7. The number of piperazine rings is 1. The Morgan fingerprint density at radius 2 is 1.64 bits per heavy atom. The van der Waals surface area contributed by atoms with Gasteiger partial charge in [-0.25, -0.2) is 9.97 Å². The molecule has 4 rings (SSSR count). The highest BCUT2D eigenvalue weighted by molar-refractivity contribution is 5.79. The van der Waals surface area contributed by atoms with Crippen LogP contribution in [-0.4, -0.2) is 47.0 Å². The molecule has 1 fully saturated rings. The van der Waals surface area contributed by atoms with E-state index in [1.165, 1.54) is 5.56 Å². The third-order valence-electron chi connectivity index (χ3n) is 5.23. The van der Waals surface area contributed by atoms with Crippen LogP contribution >= 0.6 is 0 Å². The topological polar surface area (TPSA) is 49.3 Å². The smallest absolute Gasteiger partial charge is 0.227 e. The molecule has 28 heavy (non-hydrogen) atoms. The molecule has 0 spiro atoms. The predicted octanol–water partition coefficient (Wildman–Crippen LogP) is 3.34. The third kappa shape index (κ3) is 4.03. The lowest BCUT2D eigenvalue weighted by molar-refractivity contribution is -0.130. The molecule has 3 aromatic rings. The Labute approximate surface area is 165 Å². The van der Waals surface area contributed by atoms with Crippen LogP contribution in [0.5, 0.6) is 0 Å². The number of benzene rings is 2. The highest BCUT2D eigenvalue weighted by atomic mass is 16.2. The molecule has 1 amide bonds. The zero-order chi connectivity index (χ0) is 19.3. The molecule has 0 atom stereocenters. The summed E-state index contributed by atoms with van der Waals surface area (Å²) in [5, 5.41) is 0. The van der Waals surface area contributed by atoms with E-state index in [1.807, 2.05) is 59.5 Å². The maximum Gasteiger partial charge on any atom is 0.227 e. The Hall–Kier alpha value is -3.21. The summed E-state index contributed by atoms with van der Waals surface area (Å²) in [4.78, 5) is 26.0. The van der Waals surface area contributed by atoms with Gasteiger partial charge in [-0.3, -0.25) is 4.79 Å². The monoisotopic (exact) mass is 372 g/mol. The molecule has 2 aromatic carbocycles. The number of nitrogens with zero attached hydrogens (tertiary/aromatic N) is 4. The fourth-order valence-electron chi connectivity index (χ4n) is 3.52. The van der Waals surface area contributed by atoms with Crippen molar-refractivity contribution >= 4 is 11.7 Å². The number of hydrogen-bond donors (Lipinski definition) is 0. The van der Waals surface area contributed by atoms with E-state index in [0.717, 1.165) is 48.9 Å². The van der Waals surface area contributed by atoms with Gasteiger partial charge in [-0.05, 0) is 24.1 Å². The lowest BCUT2D eigenvalue weighted by Crippen LogP contribution is -2.49. The quantitative estimate of drug-likeness (QED) is 0.705. The Morgan fingerprint density at radius 3 is 2.39 bits per heavy atom. The second-order valence-corrected chi connectivity index (χ2v) is 7.08. The molecule has 5 heteroatoms. The van der Waals surface area contributed by atoms with Crippen LogP contribution in [0, 0.1) is 6.92 Å². The van der Waals surface area contributed by atoms with Crippen LogP contribution in [0.1, 0.15) is 11.1 Å². The minimum Gasteiger partial charge on any atom is -0.353 e. The number of aryl methyl sites for hydroxylation is 1. The molecule has 0 N–H and O–H groups in total. The molecule has 0 bridgehead atoms. The number of rotatable bonds is 4. The van der Waals surface area contributed by atoms with Crippen molar-refractivity contribution in [3.05, 3.63) is 78.0 Å². The van der Waals surface area contributed by atoms with Gasteiger partial charge in [0.1, 0.15) is 5.82 Å². The van der Waals surface area contributed by atoms with Crippen LogP contribution in [0.25, 0.3) is 11.4 Å². The minimum absolute atomic E-state index is 0.196. The lowest BCUT2D eigenvalue weighted by atomic mass is 10.1. The number of anilines is 1. The van der Waals surface area contributed by atoms with Crippen LogP contribution in [0.2, 0.25) is 0 Å². The minimum atomic E-state index is 0.196. The molecule has 0 radical (unpaired) electrons. The predicted molar refractivity (Wildman–Crippen MR) is 111 cm³/mol. The second kappa shape index (κ2) is 8.21. The summed E-state index contributed by atoms with van der Waals surface area (Å²) >= 11 is 0. The van der Waals surface area contributed by atoms with Gasteiger partial charge < -0.3 is 9.80 Å². The van der Waals surface area contributed by atoms with Crippen LogP contribution in [0.15, 0.2) is 66.9 Å². The summed E-state index contributed by atoms with van der Waals surface area (Å²) in [5.74, 6) is 1.85. The van der Waals surface area contributed by atoms with Crippen molar-refractivity contribution in [3.63, 3.8) is 0 Å². The standard InChI is InChI=1S/C23H24N4O/c1-18-7-5-6-10-20(18)17-22(28)27-15-13-26(14-16-27)21-11-12-24-23(25-21)19-8-3-2-4-9-19/h2-12H,13-17H2,1H3. The fraction of sp³-hybridized carbons (Fsp3) is 0.261. The molecular formula is C23H24N4O. The van der Waals surface area contributed by atoms with E-state index in [2.05, 4.69) is 22.9 Å². The zero-order valence-electron chi connectivity index (χ0n) is 16.1. The van der Waals surface area contributed by atoms with Gasteiger partial charge >= 0.3 is 0 Å². The van der Waals surface area contributed by atoms with Gasteiger partial charge in [0.25, 0.3) is 0 Å². The van der Waals surface area contributed by atoms with Gasteiger partial charge in [-0.15, -0.1) is 0 Å². The van der Waals surface area contributed by atoms with E-state index in [1.54, 1.807) is 6.20 Å². The van der Waals surface area contributed by atoms with Gasteiger partial charge in [-0.2, -0.15) is 0 Å². The van der Waals surface area contributed by atoms with E-state index >= 15 is 0 Å². The normalized spacial score (nSPS) is 14.2. The number of carbonyl (C=O) groups is 1. The Balaban J connectivity index is 1.39. The molecule has 0 aliphatic carbocycles. The summed E-state index contributed by atoms with van der Waals surface area (Å²) in [7, 11) is 0. The zero-order valence-corrected chi connectivity index (χ0v) is 16.1. The van der Waals surface area contributed by atoms with Crippen LogP contribution in [0.3, 0.4) is 0 Å². The van der Waals surface area contributed by atoms with E-state index in [-0.39, 0.29) is 5.91 Å². The van der Waals surface area contributed by atoms with Crippen molar-refractivity contribution < 1.29 is 4.79 Å². The van der Waals surface area contributed by atoms with Crippen molar-refractivity contribution in [2.45, 2.75) is 13.3 Å². The van der Waals surface area contributed by atoms with Gasteiger partial charge in [0.15, 0.2) is 5.82 Å². The third-order valence-corrected chi connectivity index (χ3v) is 5.23. The molecular weight excluding hydrogens is 348 g/mol. The molecule has 1 aliphatic heterocycles. The van der Waals surface area contributed by atoms with Crippen molar-refractivity contribution in [2.75, 3.05) is 31.1 Å². The average molecular weight is 372 g/mol. The highest BCUT2D eigenvalue weighted by Gasteiger charge is 2.22. The Morgan fingerprint density at radius 1 is 0.929 bits per heavy atom. The molecule has 2 heterocycles. The van der Waals surface area contributed by atoms with Crippen LogP contribution < -0.4 is 4.90 Å². The number of aromatic nitrogens is 2. The molecule has 5 nitrogen and oxygen atoms in total. The van der Waals surface area contributed by atoms with Crippen LogP contribution in [-0.2, 0) is 11.2 Å². The largest absolute Gasteiger partial charge is 0.353 e. The van der Waals surface area contributed by atoms with Crippen LogP contribution in [0.4, 0.5) is 5.82 Å². The first-order valence-electron chi connectivity index (χ1n) is 9.66. The average Bonchev–Trinajstić information content (AvgIpc) is 2.76. The summed E-state index contributed by atoms with van der Waals surface area (Å²) in [6, 6.07) is 20.0. The first-order valence-corrected chi connectivity index (χ1v) is 9.66. The van der Waals surface area contributed by atoms with Gasteiger partial charge in [0, 0.05) is 37.9 Å². The Kier molecular flexibility index (Phi) is 5.33. The van der Waals surface area contributed by atoms with E-state index in [9.17, 15) is 4.79 Å². The molecule has 0 unspecified atom stereocenters. The van der Waals surface area contributed by atoms with Gasteiger partial charge in [-0.1, -0.05) is 54.6 Å². The summed E-state index contributed by atoms with van der Waals surface area (Å²) in [6.07, 6.45) is 2.28. The summed E-state index contributed by atoms with van der Waals surface area (Å²) in [6.45, 7) is 5.06. The van der Waals surface area contributed by atoms with Crippen molar-refractivity contribution in [1.82, 2.24) is 14.9 Å². The van der Waals surface area contributed by atoms with Crippen molar-refractivity contribution in [3.8, 4) is 11.4 Å². The lowest BCUT2D eigenvalue weighted by Gasteiger charge is -2.35. The van der Waals surface area contributed by atoms with Gasteiger partial charge in [0.2, 0.25) is 5.91 Å². The molecule has 0 saturated carbocycles. The van der Waals surface area contributed by atoms with Crippen molar-refractivity contribution in [1.29, 1.82) is 0 Å². The van der Waals surface area contributed by atoms with E-state index in [4.69, 9.17) is 4.98 Å². The van der Waals surface area contributed by atoms with Crippen molar-refractivity contribution in [2.24, 2.45) is 0 Å². The Bertz CT molecular complexity index is 950. The molecule has 1 saturated heterocycles. The molecule has 1 aliphatic rings. The first-order chi connectivity index (χ1) is 13.7. The molecule has 142 valence electrons. The highest BCUT2D eigenvalue weighted by Crippen LogP contribution is 2.19. The molecule has 1 aromatic heterocycles. The number of carbonyl (C=O) groups excluding carboxylic acids is 1. The fourth-order valence-corrected chi connectivity index (χ4v) is 3.52. The first kappa shape index (κ1) is 18.2. The number of hydrogen-bond acceptors (Lipinski definition) is 4. The SMILES string of the molecule is Cc1ccccc1CC(=O)N1CCN(c2ccnc(-c3ccccc3)n2)CC1. The summed E-state index contributed by atoms with van der Waals surface area (Å²) in [5.41, 5.74) is 3.29. The maximum absolute atomic E-state index is 12.7. The van der Waals surface area contributed by atoms with Gasteiger partial charge in [0.05, 0.1) is 6.42 Å². The second-order valence-electron chi connectivity index (χ2n) is 7.08. The van der Waals surface area contributed by atoms with E-state index < -0.39 is 0 Å². The summed E-state index contributed by atoms with van der Waals surface area (Å²) < 4.78 is 0.